The zero-order chi connectivity index (χ0) is 18.4. The second kappa shape index (κ2) is 9.95. The van der Waals surface area contributed by atoms with Crippen molar-refractivity contribution in [1.82, 2.24) is 5.32 Å². The van der Waals surface area contributed by atoms with Crippen LogP contribution in [-0.4, -0.2) is 21.2 Å². The molecule has 0 aliphatic heterocycles. The van der Waals surface area contributed by atoms with Crippen LogP contribution in [0.4, 0.5) is 5.69 Å². The lowest BCUT2D eigenvalue weighted by Crippen LogP contribution is -2.16. The third-order valence-electron chi connectivity index (χ3n) is 4.02. The third-order valence-corrected chi connectivity index (χ3v) is 4.62. The molecule has 2 N–H and O–H groups in total. The average Bonchev–Trinajstić information content (AvgIpc) is 2.51. The maximum absolute atomic E-state index is 11.3. The molecule has 2 aromatic carbocycles. The van der Waals surface area contributed by atoms with Gasteiger partial charge in [0.05, 0.1) is 6.26 Å². The number of hydrogen-bond acceptors (Lipinski definition) is 3. The molecule has 4 nitrogen and oxygen atoms in total. The maximum Gasteiger partial charge on any atom is 0.229 e. The molecule has 26 heavy (non-hydrogen) atoms. The number of halogens is 1. The smallest absolute Gasteiger partial charge is 0.229 e. The van der Waals surface area contributed by atoms with E-state index >= 15 is 0 Å². The molecule has 0 amide bonds. The Kier molecular flexibility index (Phi) is 8.60. The van der Waals surface area contributed by atoms with Gasteiger partial charge in [0.25, 0.3) is 0 Å². The van der Waals surface area contributed by atoms with Gasteiger partial charge in [-0.3, -0.25) is 4.72 Å². The van der Waals surface area contributed by atoms with Gasteiger partial charge < -0.3 is 5.32 Å². The van der Waals surface area contributed by atoms with E-state index in [0.29, 0.717) is 5.69 Å². The van der Waals surface area contributed by atoms with Gasteiger partial charge in [-0.15, -0.1) is 12.4 Å². The molecule has 0 fully saturated rings. The van der Waals surface area contributed by atoms with E-state index in [9.17, 15) is 8.42 Å². The molecule has 0 saturated heterocycles. The minimum absolute atomic E-state index is 0. The first-order valence-corrected chi connectivity index (χ1v) is 10.5. The number of benzene rings is 2. The molecule has 144 valence electrons. The largest absolute Gasteiger partial charge is 0.313 e. The summed E-state index contributed by atoms with van der Waals surface area (Å²) >= 11 is 0. The zero-order valence-electron chi connectivity index (χ0n) is 15.9. The quantitative estimate of drug-likeness (QED) is 0.641. The van der Waals surface area contributed by atoms with Crippen molar-refractivity contribution >= 4 is 28.1 Å². The lowest BCUT2D eigenvalue weighted by molar-refractivity contribution is 0.537. The number of sulfonamides is 1. The van der Waals surface area contributed by atoms with E-state index in [0.717, 1.165) is 36.4 Å². The Morgan fingerprint density at radius 3 is 2.23 bits per heavy atom. The fraction of sp³-hybridized carbons (Fsp3) is 0.400. The molecule has 0 aliphatic rings. The van der Waals surface area contributed by atoms with Crippen LogP contribution in [0.3, 0.4) is 0 Å². The minimum atomic E-state index is -3.24. The first kappa shape index (κ1) is 22.5. The highest BCUT2D eigenvalue weighted by Crippen LogP contribution is 2.26. The summed E-state index contributed by atoms with van der Waals surface area (Å²) in [5.74, 6) is 0.719. The normalized spacial score (nSPS) is 11.3. The minimum Gasteiger partial charge on any atom is -0.313 e. The number of hydrogen-bond donors (Lipinski definition) is 2. The van der Waals surface area contributed by atoms with E-state index in [4.69, 9.17) is 0 Å². The molecule has 2 rings (SSSR count). The molecular formula is C20H29ClN2O2S. The zero-order valence-corrected chi connectivity index (χ0v) is 17.5. The van der Waals surface area contributed by atoms with Crippen molar-refractivity contribution in [3.63, 3.8) is 0 Å². The fourth-order valence-corrected chi connectivity index (χ4v) is 3.28. The lowest BCUT2D eigenvalue weighted by Gasteiger charge is -2.11. The van der Waals surface area contributed by atoms with Crippen LogP contribution < -0.4 is 10.0 Å². The first-order valence-electron chi connectivity index (χ1n) is 8.63. The number of anilines is 1. The highest BCUT2D eigenvalue weighted by molar-refractivity contribution is 7.92. The Hall–Kier alpha value is -1.56. The molecule has 0 heterocycles. The lowest BCUT2D eigenvalue weighted by atomic mass is 9.98. The second-order valence-electron chi connectivity index (χ2n) is 6.96. The van der Waals surface area contributed by atoms with Crippen molar-refractivity contribution < 1.29 is 8.42 Å². The van der Waals surface area contributed by atoms with Crippen molar-refractivity contribution in [3.8, 4) is 11.1 Å². The summed E-state index contributed by atoms with van der Waals surface area (Å²) in [7, 11) is -3.24. The molecule has 0 spiro atoms. The predicted molar refractivity (Wildman–Crippen MR) is 113 cm³/mol. The summed E-state index contributed by atoms with van der Waals surface area (Å²) in [6.45, 7) is 8.49. The van der Waals surface area contributed by atoms with E-state index in [1.165, 1.54) is 17.5 Å². The van der Waals surface area contributed by atoms with Crippen molar-refractivity contribution in [2.75, 3.05) is 17.5 Å². The fourth-order valence-electron chi connectivity index (χ4n) is 2.71. The third kappa shape index (κ3) is 7.36. The molecule has 0 aromatic heterocycles. The van der Waals surface area contributed by atoms with Crippen LogP contribution in [0.25, 0.3) is 11.1 Å². The Labute approximate surface area is 163 Å². The second-order valence-corrected chi connectivity index (χ2v) is 8.71. The summed E-state index contributed by atoms with van der Waals surface area (Å²) in [4.78, 5) is 0. The number of rotatable bonds is 8. The summed E-state index contributed by atoms with van der Waals surface area (Å²) in [5, 5.41) is 3.48. The van der Waals surface area contributed by atoms with E-state index in [2.05, 4.69) is 49.0 Å². The van der Waals surface area contributed by atoms with Gasteiger partial charge in [-0.05, 0) is 60.2 Å². The standard InChI is InChI=1S/C20H28N2O2S.ClH/c1-15(2)11-12-21-14-17-5-10-20(16(3)13-17)18-6-8-19(9-7-18)22-25(4,23)24;/h5-10,13,15,21-22H,11-12,14H2,1-4H3;1H. The van der Waals surface area contributed by atoms with E-state index in [-0.39, 0.29) is 12.4 Å². The maximum atomic E-state index is 11.3. The van der Waals surface area contributed by atoms with Crippen molar-refractivity contribution in [2.24, 2.45) is 5.92 Å². The van der Waals surface area contributed by atoms with Crippen molar-refractivity contribution in [1.29, 1.82) is 0 Å². The van der Waals surface area contributed by atoms with Gasteiger partial charge in [-0.2, -0.15) is 0 Å². The van der Waals surface area contributed by atoms with Gasteiger partial charge in [0.15, 0.2) is 0 Å². The van der Waals surface area contributed by atoms with Crippen LogP contribution >= 0.6 is 12.4 Å². The Morgan fingerprint density at radius 1 is 1.04 bits per heavy atom. The number of nitrogens with one attached hydrogen (secondary N) is 2. The predicted octanol–water partition coefficient (Wildman–Crippen LogP) is 4.59. The van der Waals surface area contributed by atoms with Gasteiger partial charge in [-0.25, -0.2) is 8.42 Å². The van der Waals surface area contributed by atoms with Gasteiger partial charge in [0.1, 0.15) is 0 Å². The summed E-state index contributed by atoms with van der Waals surface area (Å²) in [6, 6.07) is 13.9. The van der Waals surface area contributed by atoms with Gasteiger partial charge >= 0.3 is 0 Å². The summed E-state index contributed by atoms with van der Waals surface area (Å²) in [5.41, 5.74) is 5.31. The van der Waals surface area contributed by atoms with E-state index in [1.807, 2.05) is 12.1 Å². The topological polar surface area (TPSA) is 58.2 Å². The first-order chi connectivity index (χ1) is 11.7. The van der Waals surface area contributed by atoms with E-state index in [1.54, 1.807) is 12.1 Å². The Balaban J connectivity index is 0.00000338. The number of aryl methyl sites for hydroxylation is 1. The average molecular weight is 397 g/mol. The molecule has 2 aromatic rings. The molecule has 0 atom stereocenters. The van der Waals surface area contributed by atoms with Crippen molar-refractivity contribution in [2.45, 2.75) is 33.7 Å². The van der Waals surface area contributed by atoms with Crippen LogP contribution in [0.2, 0.25) is 0 Å². The summed E-state index contributed by atoms with van der Waals surface area (Å²) in [6.07, 6.45) is 2.34. The Morgan fingerprint density at radius 2 is 1.69 bits per heavy atom. The van der Waals surface area contributed by atoms with Gasteiger partial charge in [-0.1, -0.05) is 44.2 Å². The highest BCUT2D eigenvalue weighted by Gasteiger charge is 2.06. The molecule has 0 unspecified atom stereocenters. The molecule has 0 saturated carbocycles. The van der Waals surface area contributed by atoms with Crippen LogP contribution in [0.5, 0.6) is 0 Å². The summed E-state index contributed by atoms with van der Waals surface area (Å²) < 4.78 is 25.0. The van der Waals surface area contributed by atoms with Crippen molar-refractivity contribution in [3.05, 3.63) is 53.6 Å². The van der Waals surface area contributed by atoms with Crippen LogP contribution in [0, 0.1) is 12.8 Å². The van der Waals surface area contributed by atoms with Gasteiger partial charge in [0, 0.05) is 12.2 Å². The SMILES string of the molecule is Cc1cc(CNCCC(C)C)ccc1-c1ccc(NS(C)(=O)=O)cc1.Cl. The molecular weight excluding hydrogens is 368 g/mol. The van der Waals surface area contributed by atoms with Crippen LogP contribution in [0.15, 0.2) is 42.5 Å². The monoisotopic (exact) mass is 396 g/mol. The van der Waals surface area contributed by atoms with Gasteiger partial charge in [0.2, 0.25) is 10.0 Å². The molecule has 6 heteroatoms. The van der Waals surface area contributed by atoms with E-state index < -0.39 is 10.0 Å². The molecule has 0 radical (unpaired) electrons. The molecule has 0 aliphatic carbocycles. The van der Waals surface area contributed by atoms with Crippen LogP contribution in [-0.2, 0) is 16.6 Å². The highest BCUT2D eigenvalue weighted by atomic mass is 35.5. The molecule has 0 bridgehead atoms. The Bertz CT molecular complexity index is 803. The van der Waals surface area contributed by atoms with Crippen LogP contribution in [0.1, 0.15) is 31.4 Å².